The first-order valence-corrected chi connectivity index (χ1v) is 5.55. The van der Waals surface area contributed by atoms with Gasteiger partial charge in [0.15, 0.2) is 0 Å². The molecule has 0 aliphatic heterocycles. The predicted molar refractivity (Wildman–Crippen MR) is 69.6 cm³/mol. The largest absolute Gasteiger partial charge is 0.481 e. The highest BCUT2D eigenvalue weighted by Gasteiger charge is 2.03. The van der Waals surface area contributed by atoms with Crippen LogP contribution in [0.1, 0.15) is 10.4 Å². The van der Waals surface area contributed by atoms with Crippen LogP contribution in [0.15, 0.2) is 24.3 Å². The molecule has 4 heteroatoms. The lowest BCUT2D eigenvalue weighted by Crippen LogP contribution is -2.11. The zero-order chi connectivity index (χ0) is 13.4. The molecule has 96 valence electrons. The Kier molecular flexibility index (Phi) is 5.75. The number of esters is 1. The summed E-state index contributed by atoms with van der Waals surface area (Å²) in [6.45, 7) is 1.05. The Morgan fingerprint density at radius 1 is 1.22 bits per heavy atom. The number of ether oxygens (including phenoxy) is 2. The van der Waals surface area contributed by atoms with Crippen LogP contribution in [-0.2, 0) is 4.74 Å². The van der Waals surface area contributed by atoms with Crippen LogP contribution >= 0.6 is 0 Å². The van der Waals surface area contributed by atoms with E-state index >= 15 is 0 Å². The number of hydrogen-bond acceptors (Lipinski definition) is 4. The van der Waals surface area contributed by atoms with E-state index in [0.717, 1.165) is 0 Å². The monoisotopic (exact) mass is 247 g/mol. The molecular weight excluding hydrogens is 230 g/mol. The molecule has 0 N–H and O–H groups in total. The van der Waals surface area contributed by atoms with Gasteiger partial charge in [-0.2, -0.15) is 0 Å². The van der Waals surface area contributed by atoms with Crippen molar-refractivity contribution in [2.45, 2.75) is 0 Å². The van der Waals surface area contributed by atoms with Crippen LogP contribution < -0.4 is 4.74 Å². The van der Waals surface area contributed by atoms with E-state index in [4.69, 9.17) is 4.74 Å². The molecule has 1 rings (SSSR count). The lowest BCUT2D eigenvalue weighted by atomic mass is 10.2. The lowest BCUT2D eigenvalue weighted by Gasteiger charge is -2.03. The number of benzene rings is 1. The summed E-state index contributed by atoms with van der Waals surface area (Å²) in [5, 5.41) is 0. The molecule has 0 radical (unpaired) electrons. The van der Waals surface area contributed by atoms with Gasteiger partial charge in [-0.05, 0) is 38.4 Å². The first-order valence-electron chi connectivity index (χ1n) is 5.55. The quantitative estimate of drug-likeness (QED) is 0.596. The Morgan fingerprint density at radius 3 is 2.44 bits per heavy atom. The van der Waals surface area contributed by atoms with Crippen molar-refractivity contribution >= 4 is 5.97 Å². The van der Waals surface area contributed by atoms with Crippen molar-refractivity contribution in [1.82, 2.24) is 4.90 Å². The van der Waals surface area contributed by atoms with Crippen LogP contribution in [-0.4, -0.2) is 45.2 Å². The van der Waals surface area contributed by atoms with E-state index in [0.29, 0.717) is 24.5 Å². The molecule has 0 saturated carbocycles. The second-order valence-corrected chi connectivity index (χ2v) is 3.90. The van der Waals surface area contributed by atoms with Gasteiger partial charge in [-0.3, -0.25) is 4.90 Å². The summed E-state index contributed by atoms with van der Waals surface area (Å²) in [6.07, 6.45) is 0. The van der Waals surface area contributed by atoms with Gasteiger partial charge in [0.1, 0.15) is 12.4 Å². The summed E-state index contributed by atoms with van der Waals surface area (Å²) >= 11 is 0. The van der Waals surface area contributed by atoms with E-state index in [9.17, 15) is 4.79 Å². The summed E-state index contributed by atoms with van der Waals surface area (Å²) in [7, 11) is 5.27. The highest BCUT2D eigenvalue weighted by atomic mass is 16.5. The molecule has 0 amide bonds. The molecule has 0 aromatic heterocycles. The number of carbonyl (C=O) groups is 1. The van der Waals surface area contributed by atoms with Crippen LogP contribution in [0.5, 0.6) is 5.75 Å². The molecule has 18 heavy (non-hydrogen) atoms. The van der Waals surface area contributed by atoms with Gasteiger partial charge in [0, 0.05) is 0 Å². The Morgan fingerprint density at radius 2 is 1.89 bits per heavy atom. The average molecular weight is 247 g/mol. The van der Waals surface area contributed by atoms with Gasteiger partial charge >= 0.3 is 5.97 Å². The number of hydrogen-bond donors (Lipinski definition) is 0. The van der Waals surface area contributed by atoms with Crippen LogP contribution in [0.4, 0.5) is 0 Å². The molecule has 0 atom stereocenters. The zero-order valence-corrected chi connectivity index (χ0v) is 10.9. The van der Waals surface area contributed by atoms with Crippen LogP contribution in [0.2, 0.25) is 0 Å². The fourth-order valence-electron chi connectivity index (χ4n) is 1.19. The summed E-state index contributed by atoms with van der Waals surface area (Å²) in [5.41, 5.74) is 0.503. The third-order valence-corrected chi connectivity index (χ3v) is 2.11. The summed E-state index contributed by atoms with van der Waals surface area (Å²) < 4.78 is 10.0. The zero-order valence-electron chi connectivity index (χ0n) is 10.9. The van der Waals surface area contributed by atoms with E-state index in [1.165, 1.54) is 7.11 Å². The first-order chi connectivity index (χ1) is 8.63. The molecule has 0 bridgehead atoms. The van der Waals surface area contributed by atoms with Gasteiger partial charge < -0.3 is 9.47 Å². The summed E-state index contributed by atoms with van der Waals surface area (Å²) in [5.74, 6) is 6.21. The molecular formula is C14H17NO3. The fraction of sp³-hybridized carbons (Fsp3) is 0.357. The van der Waals surface area contributed by atoms with Crippen LogP contribution in [0.3, 0.4) is 0 Å². The van der Waals surface area contributed by atoms with Crippen molar-refractivity contribution in [3.05, 3.63) is 29.8 Å². The van der Waals surface area contributed by atoms with Crippen LogP contribution in [0.25, 0.3) is 0 Å². The molecule has 1 aromatic rings. The molecule has 1 aromatic carbocycles. The smallest absolute Gasteiger partial charge is 0.337 e. The van der Waals surface area contributed by atoms with Gasteiger partial charge in [-0.1, -0.05) is 11.8 Å². The number of nitrogens with zero attached hydrogens (tertiary/aromatic N) is 1. The van der Waals surface area contributed by atoms with Gasteiger partial charge in [-0.25, -0.2) is 4.79 Å². The van der Waals surface area contributed by atoms with Crippen molar-refractivity contribution in [1.29, 1.82) is 0 Å². The topological polar surface area (TPSA) is 38.8 Å². The van der Waals surface area contributed by atoms with E-state index in [1.54, 1.807) is 24.3 Å². The molecule has 0 fully saturated rings. The lowest BCUT2D eigenvalue weighted by molar-refractivity contribution is 0.0600. The second kappa shape index (κ2) is 7.36. The van der Waals surface area contributed by atoms with E-state index in [1.807, 2.05) is 19.0 Å². The van der Waals surface area contributed by atoms with Crippen LogP contribution in [0, 0.1) is 11.8 Å². The molecule has 0 heterocycles. The van der Waals surface area contributed by atoms with Gasteiger partial charge in [0.05, 0.1) is 19.2 Å². The first kappa shape index (κ1) is 14.1. The highest BCUT2D eigenvalue weighted by Crippen LogP contribution is 2.12. The predicted octanol–water partition coefficient (Wildman–Crippen LogP) is 1.42. The number of methoxy groups -OCH3 is 1. The normalized spacial score (nSPS) is 9.56. The molecule has 4 nitrogen and oxygen atoms in total. The minimum atomic E-state index is -0.354. The third-order valence-electron chi connectivity index (χ3n) is 2.11. The highest BCUT2D eigenvalue weighted by molar-refractivity contribution is 5.89. The van der Waals surface area contributed by atoms with Crippen molar-refractivity contribution in [2.24, 2.45) is 0 Å². The minimum absolute atomic E-state index is 0.339. The van der Waals surface area contributed by atoms with Gasteiger partial charge in [0.25, 0.3) is 0 Å². The SMILES string of the molecule is COC(=O)c1ccc(OCC#CCN(C)C)cc1. The molecule has 0 saturated heterocycles. The van der Waals surface area contributed by atoms with E-state index < -0.39 is 0 Å². The number of rotatable bonds is 4. The fourth-order valence-corrected chi connectivity index (χ4v) is 1.19. The standard InChI is InChI=1S/C14H17NO3/c1-15(2)10-4-5-11-18-13-8-6-12(7-9-13)14(16)17-3/h6-9H,10-11H2,1-3H3. The average Bonchev–Trinajstić information content (AvgIpc) is 2.38. The maximum Gasteiger partial charge on any atom is 0.337 e. The third kappa shape index (κ3) is 4.89. The molecule has 0 unspecified atom stereocenters. The number of carbonyl (C=O) groups excluding carboxylic acids is 1. The Labute approximate surface area is 107 Å². The van der Waals surface area contributed by atoms with Crippen molar-refractivity contribution < 1.29 is 14.3 Å². The van der Waals surface area contributed by atoms with E-state index in [2.05, 4.69) is 16.6 Å². The Bertz CT molecular complexity index is 440. The van der Waals surface area contributed by atoms with E-state index in [-0.39, 0.29) is 5.97 Å². The molecule has 0 aliphatic carbocycles. The Balaban J connectivity index is 2.44. The molecule has 0 spiro atoms. The maximum atomic E-state index is 11.2. The summed E-state index contributed by atoms with van der Waals surface area (Å²) in [6, 6.07) is 6.77. The van der Waals surface area contributed by atoms with Gasteiger partial charge in [0.2, 0.25) is 0 Å². The Hall–Kier alpha value is -1.99. The van der Waals surface area contributed by atoms with Crippen molar-refractivity contribution in [3.8, 4) is 17.6 Å². The van der Waals surface area contributed by atoms with Crippen molar-refractivity contribution in [3.63, 3.8) is 0 Å². The van der Waals surface area contributed by atoms with Gasteiger partial charge in [-0.15, -0.1) is 0 Å². The second-order valence-electron chi connectivity index (χ2n) is 3.90. The minimum Gasteiger partial charge on any atom is -0.481 e. The maximum absolute atomic E-state index is 11.2. The molecule has 0 aliphatic rings. The van der Waals surface area contributed by atoms with Crippen molar-refractivity contribution in [2.75, 3.05) is 34.4 Å². The summed E-state index contributed by atoms with van der Waals surface area (Å²) in [4.78, 5) is 13.2.